The van der Waals surface area contributed by atoms with E-state index in [0.29, 0.717) is 62.1 Å². The third-order valence-corrected chi connectivity index (χ3v) is 11.1. The first kappa shape index (κ1) is 54.5. The molecule has 6 rings (SSSR count). The number of methoxy groups -OCH3 is 6. The number of hydrogen-bond acceptors (Lipinski definition) is 13. The number of hydrogen-bond donors (Lipinski definition) is 7. The second-order valence-corrected chi connectivity index (χ2v) is 15.5. The third-order valence-electron chi connectivity index (χ3n) is 11.1. The summed E-state index contributed by atoms with van der Waals surface area (Å²) in [6.45, 7) is 3.03. The zero-order valence-corrected chi connectivity index (χ0v) is 40.6. The van der Waals surface area contributed by atoms with Crippen molar-refractivity contribution in [1.82, 2.24) is 0 Å². The normalized spacial score (nSPS) is 11.0. The van der Waals surface area contributed by atoms with Crippen molar-refractivity contribution in [1.29, 1.82) is 0 Å². The van der Waals surface area contributed by atoms with Crippen LogP contribution >= 0.6 is 0 Å². The topological polar surface area (TPSA) is 203 Å². The van der Waals surface area contributed by atoms with Crippen LogP contribution in [0.15, 0.2) is 91.0 Å². The fourth-order valence-corrected chi connectivity index (χ4v) is 7.42. The van der Waals surface area contributed by atoms with Crippen LogP contribution in [0.25, 0.3) is 36.5 Å². The molecule has 0 saturated heterocycles. The average molecular weight is 944 g/mol. The number of anilines is 1. The fraction of sp³-hybridized carbons (Fsp3) is 0.250. The summed E-state index contributed by atoms with van der Waals surface area (Å²) in [5.74, 6) is 4.05. The van der Waals surface area contributed by atoms with Gasteiger partial charge in [-0.3, -0.25) is 0 Å². The van der Waals surface area contributed by atoms with Gasteiger partial charge in [-0.2, -0.15) is 0 Å². The standard InChI is InChI=1S/2C19H22O4.C18H21NO4/c2*1-13-8-14(6-7-18(13)22-2)4-5-15-9-16(11-20)17(12-21)19(10-15)23-3;1-22-17-6-5-12(8-16(17)19)3-4-13-7-14(10-20)15(11-21)18(9-13)23-2/h2*4-10,20-21H,11-12H2,1-3H3;3-9,20-21H,10-11,19H2,1-2H3/b2*5-4-;4-3-. The van der Waals surface area contributed by atoms with Crippen LogP contribution in [0.2, 0.25) is 0 Å². The smallest absolute Gasteiger partial charge is 0.141 e. The Morgan fingerprint density at radius 1 is 0.333 bits per heavy atom. The van der Waals surface area contributed by atoms with E-state index in [9.17, 15) is 30.6 Å². The van der Waals surface area contributed by atoms with Gasteiger partial charge in [0.2, 0.25) is 0 Å². The van der Waals surface area contributed by atoms with Crippen LogP contribution < -0.4 is 34.2 Å². The molecule has 0 aliphatic heterocycles. The summed E-state index contributed by atoms with van der Waals surface area (Å²) < 4.78 is 31.5. The Hall–Kier alpha value is -7.10. The molecule has 366 valence electrons. The van der Waals surface area contributed by atoms with Gasteiger partial charge in [-0.15, -0.1) is 0 Å². The van der Waals surface area contributed by atoms with Crippen LogP contribution in [0, 0.1) is 13.8 Å². The number of aliphatic hydroxyl groups excluding tert-OH is 6. The van der Waals surface area contributed by atoms with Crippen molar-refractivity contribution in [2.75, 3.05) is 48.4 Å². The summed E-state index contributed by atoms with van der Waals surface area (Å²) in [5.41, 5.74) is 18.1. The minimum Gasteiger partial charge on any atom is -0.496 e. The zero-order valence-electron chi connectivity index (χ0n) is 40.6. The lowest BCUT2D eigenvalue weighted by atomic mass is 10.0. The van der Waals surface area contributed by atoms with Crippen LogP contribution in [-0.4, -0.2) is 73.3 Å². The van der Waals surface area contributed by atoms with Gasteiger partial charge in [0.25, 0.3) is 0 Å². The summed E-state index contributed by atoms with van der Waals surface area (Å²) in [7, 11) is 9.53. The maximum absolute atomic E-state index is 9.47. The maximum atomic E-state index is 9.47. The van der Waals surface area contributed by atoms with Crippen molar-refractivity contribution in [2.45, 2.75) is 53.5 Å². The SMILES string of the molecule is COc1ccc(/C=C\c2cc(CO)c(CO)c(OC)c2)cc1C.COc1ccc(/C=C\c2cc(CO)c(CO)c(OC)c2)cc1C.COc1ccc(/C=C\c2cc(CO)c(CO)c(OC)c2)cc1N. The Bertz CT molecular complexity index is 2340. The van der Waals surface area contributed by atoms with E-state index in [4.69, 9.17) is 34.2 Å². The molecule has 8 N–H and O–H groups in total. The summed E-state index contributed by atoms with van der Waals surface area (Å²) in [4.78, 5) is 0. The van der Waals surface area contributed by atoms with Gasteiger partial charge in [0, 0.05) is 16.7 Å². The van der Waals surface area contributed by atoms with E-state index in [1.165, 1.54) is 7.11 Å². The van der Waals surface area contributed by atoms with Crippen LogP contribution in [0.5, 0.6) is 34.5 Å². The predicted molar refractivity (Wildman–Crippen MR) is 274 cm³/mol. The number of nitrogen functional groups attached to an aromatic ring is 1. The van der Waals surface area contributed by atoms with Gasteiger partial charge in [-0.25, -0.2) is 0 Å². The molecule has 0 aliphatic rings. The fourth-order valence-electron chi connectivity index (χ4n) is 7.42. The van der Waals surface area contributed by atoms with Gasteiger partial charge in [0.15, 0.2) is 0 Å². The Morgan fingerprint density at radius 2 is 0.609 bits per heavy atom. The highest BCUT2D eigenvalue weighted by atomic mass is 16.5. The number of rotatable bonds is 18. The summed E-state index contributed by atoms with van der Waals surface area (Å²) in [6, 6.07) is 28.5. The van der Waals surface area contributed by atoms with Gasteiger partial charge in [-0.05, 0) is 148 Å². The Morgan fingerprint density at radius 3 is 0.855 bits per heavy atom. The molecular formula is C56H65NO12. The lowest BCUT2D eigenvalue weighted by molar-refractivity contribution is 0.254. The molecule has 0 heterocycles. The molecular weight excluding hydrogens is 879 g/mol. The number of aliphatic hydroxyl groups is 6. The zero-order chi connectivity index (χ0) is 50.5. The van der Waals surface area contributed by atoms with Gasteiger partial charge in [-0.1, -0.05) is 54.7 Å². The molecule has 6 aromatic rings. The highest BCUT2D eigenvalue weighted by Crippen LogP contribution is 2.30. The Kier molecular flexibility index (Phi) is 21.8. The molecule has 0 amide bonds. The van der Waals surface area contributed by atoms with Crippen molar-refractivity contribution in [3.8, 4) is 34.5 Å². The van der Waals surface area contributed by atoms with Crippen LogP contribution in [-0.2, 0) is 39.6 Å². The third kappa shape index (κ3) is 14.9. The van der Waals surface area contributed by atoms with Crippen LogP contribution in [0.3, 0.4) is 0 Å². The van der Waals surface area contributed by atoms with Gasteiger partial charge >= 0.3 is 0 Å². The van der Waals surface area contributed by atoms with Crippen molar-refractivity contribution in [3.63, 3.8) is 0 Å². The number of ether oxygens (including phenoxy) is 6. The molecule has 0 unspecified atom stereocenters. The lowest BCUT2D eigenvalue weighted by Crippen LogP contribution is -1.99. The molecule has 69 heavy (non-hydrogen) atoms. The Balaban J connectivity index is 0.000000225. The van der Waals surface area contributed by atoms with Crippen LogP contribution in [0.1, 0.15) is 77.9 Å². The van der Waals surface area contributed by atoms with Crippen LogP contribution in [0.4, 0.5) is 5.69 Å². The van der Waals surface area contributed by atoms with Gasteiger partial charge in [0.05, 0.1) is 88.0 Å². The molecule has 0 radical (unpaired) electrons. The van der Waals surface area contributed by atoms with Crippen molar-refractivity contribution >= 4 is 42.1 Å². The summed E-state index contributed by atoms with van der Waals surface area (Å²) >= 11 is 0. The van der Waals surface area contributed by atoms with E-state index in [0.717, 1.165) is 56.0 Å². The monoisotopic (exact) mass is 943 g/mol. The highest BCUT2D eigenvalue weighted by Gasteiger charge is 2.12. The molecule has 6 aromatic carbocycles. The molecule has 0 saturated carbocycles. The van der Waals surface area contributed by atoms with E-state index >= 15 is 0 Å². The molecule has 0 aromatic heterocycles. The van der Waals surface area contributed by atoms with E-state index in [1.54, 1.807) is 35.5 Å². The van der Waals surface area contributed by atoms with Crippen molar-refractivity contribution < 1.29 is 59.1 Å². The van der Waals surface area contributed by atoms with Crippen molar-refractivity contribution in [2.24, 2.45) is 0 Å². The number of aryl methyl sites for hydroxylation is 2. The predicted octanol–water partition coefficient (Wildman–Crippen LogP) is 8.78. The second-order valence-electron chi connectivity index (χ2n) is 15.5. The molecule has 0 aliphatic carbocycles. The Labute approximate surface area is 405 Å². The first-order valence-corrected chi connectivity index (χ1v) is 21.9. The quantitative estimate of drug-likeness (QED) is 0.0319. The first-order valence-electron chi connectivity index (χ1n) is 21.9. The maximum Gasteiger partial charge on any atom is 0.141 e. The van der Waals surface area contributed by atoms with E-state index < -0.39 is 0 Å². The largest absolute Gasteiger partial charge is 0.496 e. The van der Waals surface area contributed by atoms with Gasteiger partial charge < -0.3 is 64.8 Å². The summed E-state index contributed by atoms with van der Waals surface area (Å²) in [5, 5.41) is 56.6. The molecule has 13 nitrogen and oxygen atoms in total. The molecule has 13 heteroatoms. The highest BCUT2D eigenvalue weighted by molar-refractivity contribution is 5.75. The van der Waals surface area contributed by atoms with E-state index in [1.807, 2.05) is 141 Å². The summed E-state index contributed by atoms with van der Waals surface area (Å²) in [6.07, 6.45) is 11.7. The van der Waals surface area contributed by atoms with Crippen molar-refractivity contribution in [3.05, 3.63) is 169 Å². The van der Waals surface area contributed by atoms with E-state index in [-0.39, 0.29) is 39.6 Å². The average Bonchev–Trinajstić information content (AvgIpc) is 3.38. The number of nitrogens with two attached hydrogens (primary N) is 1. The van der Waals surface area contributed by atoms with Gasteiger partial charge in [0.1, 0.15) is 34.5 Å². The molecule has 0 spiro atoms. The molecule has 0 atom stereocenters. The molecule has 0 fully saturated rings. The minimum atomic E-state index is -0.182. The first-order chi connectivity index (χ1) is 33.4. The second kappa shape index (κ2) is 27.6. The number of benzene rings is 6. The molecule has 0 bridgehead atoms. The lowest BCUT2D eigenvalue weighted by Gasteiger charge is -2.12. The minimum absolute atomic E-state index is 0.143. The van der Waals surface area contributed by atoms with E-state index in [2.05, 4.69) is 0 Å².